The third-order valence-electron chi connectivity index (χ3n) is 3.37. The van der Waals surface area contributed by atoms with Crippen LogP contribution in [0.3, 0.4) is 0 Å². The van der Waals surface area contributed by atoms with Gasteiger partial charge in [-0.05, 0) is 42.5 Å². The monoisotopic (exact) mass is 459 g/mol. The maximum Gasteiger partial charge on any atom is 0.573 e. The lowest BCUT2D eigenvalue weighted by Gasteiger charge is -2.09. The molecule has 5 nitrogen and oxygen atoms in total. The number of benzene rings is 2. The number of carbonyl (C=O) groups excluding carboxylic acids is 1. The van der Waals surface area contributed by atoms with E-state index in [4.69, 9.17) is 0 Å². The average molecular weight is 459 g/mol. The lowest BCUT2D eigenvalue weighted by molar-refractivity contribution is -0.274. The van der Waals surface area contributed by atoms with Crippen molar-refractivity contribution in [3.05, 3.63) is 71.6 Å². The highest BCUT2D eigenvalue weighted by Gasteiger charge is 2.31. The van der Waals surface area contributed by atoms with Crippen molar-refractivity contribution in [3.63, 3.8) is 0 Å². The van der Waals surface area contributed by atoms with Crippen molar-refractivity contribution in [3.8, 4) is 5.75 Å². The highest BCUT2D eigenvalue weighted by molar-refractivity contribution is 7.99. The fourth-order valence-corrected chi connectivity index (χ4v) is 5.40. The maximum atomic E-state index is 12.4. The number of sulfonamides is 1. The first-order valence-electron chi connectivity index (χ1n) is 7.87. The lowest BCUT2D eigenvalue weighted by Crippen LogP contribution is -2.30. The number of rotatable bonds is 6. The van der Waals surface area contributed by atoms with Crippen LogP contribution in [0.4, 0.5) is 13.2 Å². The molecule has 0 radical (unpaired) electrons. The fraction of sp³-hybridized carbons (Fsp3) is 0.0556. The van der Waals surface area contributed by atoms with Crippen molar-refractivity contribution in [2.24, 2.45) is 0 Å². The van der Waals surface area contributed by atoms with Gasteiger partial charge in [-0.1, -0.05) is 30.0 Å². The topological polar surface area (TPSA) is 72.5 Å². The number of alkyl halides is 3. The van der Waals surface area contributed by atoms with Crippen molar-refractivity contribution in [1.29, 1.82) is 0 Å². The molecule has 2 aromatic carbocycles. The van der Waals surface area contributed by atoms with Crippen molar-refractivity contribution in [2.75, 3.05) is 0 Å². The zero-order chi connectivity index (χ0) is 21.1. The van der Waals surface area contributed by atoms with Crippen LogP contribution in [0.25, 0.3) is 0 Å². The number of amides is 1. The van der Waals surface area contributed by atoms with E-state index in [1.54, 1.807) is 5.38 Å². The Morgan fingerprint density at radius 3 is 2.28 bits per heavy atom. The summed E-state index contributed by atoms with van der Waals surface area (Å²) in [4.78, 5) is 13.8. The molecule has 29 heavy (non-hydrogen) atoms. The zero-order valence-electron chi connectivity index (χ0n) is 14.3. The number of thiophene rings is 1. The second-order valence-electron chi connectivity index (χ2n) is 5.52. The van der Waals surface area contributed by atoms with Crippen LogP contribution in [0.2, 0.25) is 0 Å². The molecule has 3 aromatic rings. The average Bonchev–Trinajstić information content (AvgIpc) is 3.11. The molecule has 0 fully saturated rings. The molecule has 0 aliphatic rings. The van der Waals surface area contributed by atoms with Gasteiger partial charge in [0, 0.05) is 20.7 Å². The Labute approximate surface area is 172 Å². The van der Waals surface area contributed by atoms with E-state index in [0.717, 1.165) is 40.5 Å². The second-order valence-corrected chi connectivity index (χ2v) is 9.49. The predicted molar refractivity (Wildman–Crippen MR) is 103 cm³/mol. The summed E-state index contributed by atoms with van der Waals surface area (Å²) in [6.07, 6.45) is -4.86. The first-order valence-corrected chi connectivity index (χ1v) is 11.0. The number of hydrogen-bond donors (Lipinski definition) is 1. The number of carbonyl (C=O) groups is 1. The fourth-order valence-electron chi connectivity index (χ4n) is 2.16. The minimum absolute atomic E-state index is 0.0543. The number of halogens is 3. The van der Waals surface area contributed by atoms with Crippen molar-refractivity contribution >= 4 is 39.0 Å². The van der Waals surface area contributed by atoms with Gasteiger partial charge >= 0.3 is 6.36 Å². The molecule has 0 aliphatic carbocycles. The number of nitrogens with one attached hydrogen (secondary N) is 1. The summed E-state index contributed by atoms with van der Waals surface area (Å²) in [6, 6.07) is 14.7. The molecule has 0 unspecified atom stereocenters. The summed E-state index contributed by atoms with van der Waals surface area (Å²) in [5, 5.41) is 1.65. The quantitative estimate of drug-likeness (QED) is 0.567. The van der Waals surface area contributed by atoms with Crippen LogP contribution in [0.15, 0.2) is 80.0 Å². The Kier molecular flexibility index (Phi) is 6.20. The Morgan fingerprint density at radius 1 is 1.00 bits per heavy atom. The van der Waals surface area contributed by atoms with Gasteiger partial charge in [0.05, 0.1) is 0 Å². The van der Waals surface area contributed by atoms with Crippen LogP contribution < -0.4 is 9.46 Å². The van der Waals surface area contributed by atoms with E-state index in [1.165, 1.54) is 17.8 Å². The molecule has 0 aliphatic heterocycles. The van der Waals surface area contributed by atoms with Crippen LogP contribution in [-0.2, 0) is 10.0 Å². The molecule has 0 atom stereocenters. The van der Waals surface area contributed by atoms with Gasteiger partial charge in [-0.3, -0.25) is 4.79 Å². The van der Waals surface area contributed by atoms with Crippen LogP contribution >= 0.6 is 23.1 Å². The molecular formula is C18H12F3NO4S3. The molecule has 1 N–H and O–H groups in total. The molecule has 1 amide bonds. The first kappa shape index (κ1) is 21.2. The SMILES string of the molecule is O=C(NS(=O)(=O)c1cc(Sc2ccccc2)cs1)c1ccc(OC(F)(F)F)cc1. The summed E-state index contributed by atoms with van der Waals surface area (Å²) in [5.74, 6) is -1.48. The van der Waals surface area contributed by atoms with Crippen molar-refractivity contribution < 1.29 is 31.1 Å². The third-order valence-corrected chi connectivity index (χ3v) is 7.27. The van der Waals surface area contributed by atoms with Crippen molar-refractivity contribution in [2.45, 2.75) is 20.4 Å². The molecular weight excluding hydrogens is 447 g/mol. The van der Waals surface area contributed by atoms with Gasteiger partial charge in [0.25, 0.3) is 15.9 Å². The van der Waals surface area contributed by atoms with Gasteiger partial charge < -0.3 is 4.74 Å². The molecule has 0 bridgehead atoms. The number of ether oxygens (including phenoxy) is 1. The van der Waals surface area contributed by atoms with E-state index >= 15 is 0 Å². The van der Waals surface area contributed by atoms with Crippen LogP contribution in [-0.4, -0.2) is 20.7 Å². The summed E-state index contributed by atoms with van der Waals surface area (Å²) >= 11 is 2.33. The molecule has 1 aromatic heterocycles. The molecule has 0 saturated carbocycles. The Morgan fingerprint density at radius 2 is 1.66 bits per heavy atom. The van der Waals surface area contributed by atoms with Gasteiger partial charge in [0.2, 0.25) is 0 Å². The normalized spacial score (nSPS) is 11.8. The molecule has 3 rings (SSSR count). The third kappa shape index (κ3) is 5.99. The minimum atomic E-state index is -4.86. The summed E-state index contributed by atoms with van der Waals surface area (Å²) in [6.45, 7) is 0. The number of hydrogen-bond acceptors (Lipinski definition) is 6. The van der Waals surface area contributed by atoms with Gasteiger partial charge in [-0.25, -0.2) is 13.1 Å². The smallest absolute Gasteiger partial charge is 0.406 e. The molecule has 1 heterocycles. The Bertz CT molecular complexity index is 1100. The van der Waals surface area contributed by atoms with Gasteiger partial charge in [0.1, 0.15) is 9.96 Å². The molecule has 0 saturated heterocycles. The van der Waals surface area contributed by atoms with E-state index in [9.17, 15) is 26.4 Å². The highest BCUT2D eigenvalue weighted by Crippen LogP contribution is 2.33. The van der Waals surface area contributed by atoms with Gasteiger partial charge in [-0.2, -0.15) is 0 Å². The zero-order valence-corrected chi connectivity index (χ0v) is 16.8. The maximum absolute atomic E-state index is 12.4. The highest BCUT2D eigenvalue weighted by atomic mass is 32.2. The van der Waals surface area contributed by atoms with Crippen LogP contribution in [0.1, 0.15) is 10.4 Å². The minimum Gasteiger partial charge on any atom is -0.406 e. The second kappa shape index (κ2) is 8.47. The molecule has 11 heteroatoms. The lowest BCUT2D eigenvalue weighted by atomic mass is 10.2. The van der Waals surface area contributed by atoms with E-state index in [1.807, 2.05) is 35.1 Å². The molecule has 0 spiro atoms. The largest absolute Gasteiger partial charge is 0.573 e. The predicted octanol–water partition coefficient (Wildman–Crippen LogP) is 4.92. The first-order chi connectivity index (χ1) is 13.6. The van der Waals surface area contributed by atoms with E-state index < -0.39 is 28.0 Å². The summed E-state index contributed by atoms with van der Waals surface area (Å²) < 4.78 is 66.9. The summed E-state index contributed by atoms with van der Waals surface area (Å²) in [7, 11) is -4.12. The molecule has 152 valence electrons. The summed E-state index contributed by atoms with van der Waals surface area (Å²) in [5.41, 5.74) is -0.126. The van der Waals surface area contributed by atoms with E-state index in [2.05, 4.69) is 4.74 Å². The van der Waals surface area contributed by atoms with Crippen LogP contribution in [0, 0.1) is 0 Å². The Hall–Kier alpha value is -2.50. The Balaban J connectivity index is 1.68. The van der Waals surface area contributed by atoms with E-state index in [0.29, 0.717) is 4.90 Å². The van der Waals surface area contributed by atoms with E-state index in [-0.39, 0.29) is 9.77 Å². The van der Waals surface area contributed by atoms with Crippen LogP contribution in [0.5, 0.6) is 5.75 Å². The standard InChI is InChI=1S/C18H12F3NO4S3/c19-18(20,21)26-13-8-6-12(7-9-13)17(23)22-29(24,25)16-10-15(11-27-16)28-14-4-2-1-3-5-14/h1-11H,(H,22,23). The van der Waals surface area contributed by atoms with Crippen molar-refractivity contribution in [1.82, 2.24) is 4.72 Å². The van der Waals surface area contributed by atoms with Gasteiger partial charge in [-0.15, -0.1) is 24.5 Å². The van der Waals surface area contributed by atoms with Gasteiger partial charge in [0.15, 0.2) is 0 Å².